The molecule has 6 heteroatoms. The monoisotopic (exact) mass is 493 g/mol. The van der Waals surface area contributed by atoms with E-state index in [1.165, 1.54) is 5.56 Å². The lowest BCUT2D eigenvalue weighted by atomic mass is 9.97. The molecule has 0 aliphatic carbocycles. The molecule has 2 heterocycles. The number of carbonyl (C=O) groups is 2. The zero-order chi connectivity index (χ0) is 25.9. The van der Waals surface area contributed by atoms with Crippen LogP contribution < -0.4 is 5.32 Å². The van der Waals surface area contributed by atoms with E-state index in [0.717, 1.165) is 22.5 Å². The number of urea groups is 1. The van der Waals surface area contributed by atoms with Crippen molar-refractivity contribution < 1.29 is 14.3 Å². The number of amides is 2. The zero-order valence-corrected chi connectivity index (χ0v) is 21.3. The number of carbonyl (C=O) groups excluding carboxylic acids is 2. The number of nitrogens with zero attached hydrogens (tertiary/aromatic N) is 2. The smallest absolute Gasteiger partial charge is 0.338 e. The summed E-state index contributed by atoms with van der Waals surface area (Å²) in [5.74, 6) is 0.00520. The Labute approximate surface area is 217 Å². The fourth-order valence-corrected chi connectivity index (χ4v) is 4.89. The quantitative estimate of drug-likeness (QED) is 0.307. The van der Waals surface area contributed by atoms with Gasteiger partial charge >= 0.3 is 12.0 Å². The molecule has 0 fully saturated rings. The normalized spacial score (nSPS) is 14.5. The summed E-state index contributed by atoms with van der Waals surface area (Å²) in [4.78, 5) is 28.0. The first-order chi connectivity index (χ1) is 18.0. The first-order valence-corrected chi connectivity index (χ1v) is 12.7. The van der Waals surface area contributed by atoms with Crippen molar-refractivity contribution in [1.29, 1.82) is 0 Å². The number of fused-ring (bicyclic) bond motifs is 3. The Morgan fingerprint density at radius 3 is 2.51 bits per heavy atom. The van der Waals surface area contributed by atoms with Crippen molar-refractivity contribution in [2.24, 2.45) is 0 Å². The number of nitrogens with one attached hydrogen (secondary N) is 1. The van der Waals surface area contributed by atoms with Gasteiger partial charge in [0, 0.05) is 17.6 Å². The second-order valence-corrected chi connectivity index (χ2v) is 9.52. The molecule has 0 saturated heterocycles. The summed E-state index contributed by atoms with van der Waals surface area (Å²) in [6.07, 6.45) is 2.05. The lowest BCUT2D eigenvalue weighted by Crippen LogP contribution is -2.38. The Hall–Kier alpha value is -4.32. The molecule has 4 aromatic rings. The Kier molecular flexibility index (Phi) is 6.82. The van der Waals surface area contributed by atoms with Crippen LogP contribution in [0.2, 0.25) is 0 Å². The van der Waals surface area contributed by atoms with E-state index >= 15 is 0 Å². The number of aromatic nitrogens is 1. The van der Waals surface area contributed by atoms with Gasteiger partial charge in [-0.25, -0.2) is 9.59 Å². The number of benzene rings is 3. The van der Waals surface area contributed by atoms with Crippen LogP contribution in [0.4, 0.5) is 10.5 Å². The van der Waals surface area contributed by atoms with Gasteiger partial charge in [0.2, 0.25) is 0 Å². The number of para-hydroxylation sites is 1. The van der Waals surface area contributed by atoms with E-state index in [0.29, 0.717) is 30.3 Å². The van der Waals surface area contributed by atoms with E-state index in [9.17, 15) is 9.59 Å². The predicted octanol–water partition coefficient (Wildman–Crippen LogP) is 6.91. The second kappa shape index (κ2) is 10.3. The SMILES string of the molecule is CCOC(=O)c1cccc(NC(=O)N2Cc3ccccc3-n3cccc3C2c2ccc(C(C)C)cc2)c1. The molecule has 5 rings (SSSR count). The van der Waals surface area contributed by atoms with Gasteiger partial charge in [-0.3, -0.25) is 0 Å². The summed E-state index contributed by atoms with van der Waals surface area (Å²) in [7, 11) is 0. The molecule has 6 nitrogen and oxygen atoms in total. The summed E-state index contributed by atoms with van der Waals surface area (Å²) >= 11 is 0. The van der Waals surface area contributed by atoms with Crippen molar-refractivity contribution in [3.05, 3.63) is 119 Å². The lowest BCUT2D eigenvalue weighted by Gasteiger charge is -2.31. The predicted molar refractivity (Wildman–Crippen MR) is 145 cm³/mol. The maximum Gasteiger partial charge on any atom is 0.338 e. The van der Waals surface area contributed by atoms with Gasteiger partial charge in [-0.2, -0.15) is 0 Å². The molecule has 1 aromatic heterocycles. The van der Waals surface area contributed by atoms with Crippen LogP contribution in [0.15, 0.2) is 91.1 Å². The molecule has 1 aliphatic heterocycles. The summed E-state index contributed by atoms with van der Waals surface area (Å²) in [5, 5.41) is 3.03. The molecule has 2 amide bonds. The third-order valence-electron chi connectivity index (χ3n) is 6.77. The van der Waals surface area contributed by atoms with Crippen molar-refractivity contribution in [1.82, 2.24) is 9.47 Å². The van der Waals surface area contributed by atoms with Crippen LogP contribution in [0.5, 0.6) is 0 Å². The van der Waals surface area contributed by atoms with Crippen molar-refractivity contribution in [3.63, 3.8) is 0 Å². The van der Waals surface area contributed by atoms with Gasteiger partial charge in [0.25, 0.3) is 0 Å². The van der Waals surface area contributed by atoms with Gasteiger partial charge in [-0.1, -0.05) is 62.4 Å². The topological polar surface area (TPSA) is 63.6 Å². The fraction of sp³-hybridized carbons (Fsp3) is 0.226. The van der Waals surface area contributed by atoms with E-state index in [4.69, 9.17) is 4.74 Å². The van der Waals surface area contributed by atoms with Gasteiger partial charge < -0.3 is 19.5 Å². The van der Waals surface area contributed by atoms with E-state index in [2.05, 4.69) is 66.2 Å². The summed E-state index contributed by atoms with van der Waals surface area (Å²) in [6.45, 7) is 6.83. The van der Waals surface area contributed by atoms with Gasteiger partial charge in [0.1, 0.15) is 0 Å². The average molecular weight is 494 g/mol. The lowest BCUT2D eigenvalue weighted by molar-refractivity contribution is 0.0526. The highest BCUT2D eigenvalue weighted by Crippen LogP contribution is 2.37. The summed E-state index contributed by atoms with van der Waals surface area (Å²) in [6, 6.07) is 27.1. The van der Waals surface area contributed by atoms with Crippen LogP contribution in [-0.4, -0.2) is 28.1 Å². The molecule has 3 aromatic carbocycles. The van der Waals surface area contributed by atoms with Crippen molar-refractivity contribution >= 4 is 17.7 Å². The molecule has 1 unspecified atom stereocenters. The first kappa shape index (κ1) is 24.4. The van der Waals surface area contributed by atoms with E-state index in [1.807, 2.05) is 29.3 Å². The third-order valence-corrected chi connectivity index (χ3v) is 6.77. The second-order valence-electron chi connectivity index (χ2n) is 9.52. The Morgan fingerprint density at radius 1 is 0.973 bits per heavy atom. The van der Waals surface area contributed by atoms with Crippen LogP contribution in [0.3, 0.4) is 0 Å². The van der Waals surface area contributed by atoms with E-state index < -0.39 is 5.97 Å². The molecule has 0 saturated carbocycles. The first-order valence-electron chi connectivity index (χ1n) is 12.7. The minimum atomic E-state index is -0.414. The largest absolute Gasteiger partial charge is 0.462 e. The van der Waals surface area contributed by atoms with Gasteiger partial charge in [0.15, 0.2) is 0 Å². The molecule has 0 bridgehead atoms. The minimum absolute atomic E-state index is 0.247. The Bertz CT molecular complexity index is 1420. The Balaban J connectivity index is 1.55. The van der Waals surface area contributed by atoms with Gasteiger partial charge in [0.05, 0.1) is 30.4 Å². The molecule has 1 N–H and O–H groups in total. The van der Waals surface area contributed by atoms with Gasteiger partial charge in [-0.15, -0.1) is 0 Å². The molecular formula is C31H31N3O3. The molecular weight excluding hydrogens is 462 g/mol. The van der Waals surface area contributed by atoms with Crippen LogP contribution in [-0.2, 0) is 11.3 Å². The number of hydrogen-bond donors (Lipinski definition) is 1. The maximum atomic E-state index is 13.9. The summed E-state index contributed by atoms with van der Waals surface area (Å²) < 4.78 is 7.30. The van der Waals surface area contributed by atoms with Crippen LogP contribution in [0, 0.1) is 0 Å². The van der Waals surface area contributed by atoms with Crippen molar-refractivity contribution in [2.75, 3.05) is 11.9 Å². The maximum absolute atomic E-state index is 13.9. The standard InChI is InChI=1S/C31H31N3O3/c1-4-37-30(35)24-10-7-11-26(19-24)32-31(36)34-20-25-9-5-6-12-27(25)33-18-8-13-28(33)29(34)23-16-14-22(15-17-23)21(2)3/h5-19,21,29H,4,20H2,1-3H3,(H,32,36). The molecule has 0 radical (unpaired) electrons. The molecule has 1 atom stereocenters. The molecule has 188 valence electrons. The molecule has 1 aliphatic rings. The highest BCUT2D eigenvalue weighted by atomic mass is 16.5. The minimum Gasteiger partial charge on any atom is -0.462 e. The summed E-state index contributed by atoms with van der Waals surface area (Å²) in [5.41, 5.74) is 6.35. The third kappa shape index (κ3) is 4.87. The van der Waals surface area contributed by atoms with E-state index in [1.54, 1.807) is 31.2 Å². The average Bonchev–Trinajstić information content (AvgIpc) is 3.33. The van der Waals surface area contributed by atoms with E-state index in [-0.39, 0.29) is 12.1 Å². The van der Waals surface area contributed by atoms with Crippen LogP contribution in [0.25, 0.3) is 5.69 Å². The number of hydrogen-bond acceptors (Lipinski definition) is 3. The zero-order valence-electron chi connectivity index (χ0n) is 21.3. The molecule has 37 heavy (non-hydrogen) atoms. The fourth-order valence-electron chi connectivity index (χ4n) is 4.89. The van der Waals surface area contributed by atoms with Crippen molar-refractivity contribution in [3.8, 4) is 5.69 Å². The van der Waals surface area contributed by atoms with Crippen LogP contribution in [0.1, 0.15) is 65.5 Å². The Morgan fingerprint density at radius 2 is 1.76 bits per heavy atom. The van der Waals surface area contributed by atoms with Crippen molar-refractivity contribution in [2.45, 2.75) is 39.3 Å². The highest BCUT2D eigenvalue weighted by Gasteiger charge is 2.33. The van der Waals surface area contributed by atoms with Crippen LogP contribution >= 0.6 is 0 Å². The number of ether oxygens (including phenoxy) is 1. The van der Waals surface area contributed by atoms with Gasteiger partial charge in [-0.05, 0) is 65.9 Å². The molecule has 0 spiro atoms. The highest BCUT2D eigenvalue weighted by molar-refractivity contribution is 5.94. The number of anilines is 1. The number of rotatable bonds is 5. The number of esters is 1.